The molecule has 244 valence electrons. The van der Waals surface area contributed by atoms with E-state index in [1.807, 2.05) is 11.8 Å². The van der Waals surface area contributed by atoms with E-state index in [2.05, 4.69) is 20.9 Å². The Morgan fingerprint density at radius 3 is 2.49 bits per heavy atom. The normalized spacial score (nSPS) is 17.8. The van der Waals surface area contributed by atoms with Crippen LogP contribution < -0.4 is 14.4 Å². The number of piperazine rings is 1. The van der Waals surface area contributed by atoms with Crippen LogP contribution in [0.15, 0.2) is 30.5 Å². The van der Waals surface area contributed by atoms with Crippen LogP contribution >= 0.6 is 0 Å². The number of hydrogen-bond donors (Lipinski definition) is 0. The second kappa shape index (κ2) is 12.9. The highest BCUT2D eigenvalue weighted by molar-refractivity contribution is 6.03. The lowest BCUT2D eigenvalue weighted by atomic mass is 9.95. The van der Waals surface area contributed by atoms with Gasteiger partial charge in [-0.3, -0.25) is 14.7 Å². The smallest absolute Gasteiger partial charge is 0.413 e. The maximum atomic E-state index is 16.6. The van der Waals surface area contributed by atoms with Crippen molar-refractivity contribution in [2.24, 2.45) is 0 Å². The summed E-state index contributed by atoms with van der Waals surface area (Å²) in [5.74, 6) is 1.35. The summed E-state index contributed by atoms with van der Waals surface area (Å²) in [6.45, 7) is 4.12. The zero-order chi connectivity index (χ0) is 33.4. The summed E-state index contributed by atoms with van der Waals surface area (Å²) < 4.78 is 52.9. The zero-order valence-electron chi connectivity index (χ0n) is 26.4. The predicted octanol–water partition coefficient (Wildman–Crippen LogP) is 5.60. The molecule has 11 nitrogen and oxygen atoms in total. The number of carbonyl (C=O) groups excluding carboxylic acids is 2. The first kappa shape index (κ1) is 31.7. The van der Waals surface area contributed by atoms with E-state index in [0.717, 1.165) is 0 Å². The molecular formula is C34H33F2N5O6. The number of hydrogen-bond acceptors (Lipinski definition) is 10. The summed E-state index contributed by atoms with van der Waals surface area (Å²) in [6.07, 6.45) is 7.86. The Balaban J connectivity index is 1.36. The molecule has 6 rings (SSSR count). The molecule has 4 aromatic rings. The van der Waals surface area contributed by atoms with Crippen LogP contribution in [0.2, 0.25) is 0 Å². The highest BCUT2D eigenvalue weighted by atomic mass is 19.1. The van der Waals surface area contributed by atoms with E-state index in [1.165, 1.54) is 33.4 Å². The number of aromatic nitrogens is 3. The Labute approximate surface area is 269 Å². The van der Waals surface area contributed by atoms with Crippen molar-refractivity contribution < 1.29 is 37.3 Å². The first-order valence-corrected chi connectivity index (χ1v) is 15.3. The molecule has 2 fully saturated rings. The second-order valence-corrected chi connectivity index (χ2v) is 11.4. The van der Waals surface area contributed by atoms with Crippen molar-refractivity contribution in [2.75, 3.05) is 32.2 Å². The van der Waals surface area contributed by atoms with Crippen molar-refractivity contribution >= 4 is 39.6 Å². The number of pyridine rings is 1. The third kappa shape index (κ3) is 5.80. The zero-order valence-corrected chi connectivity index (χ0v) is 26.4. The molecule has 0 saturated carbocycles. The van der Waals surface area contributed by atoms with E-state index in [4.69, 9.17) is 25.4 Å². The van der Waals surface area contributed by atoms with Crippen LogP contribution in [0.3, 0.4) is 0 Å². The number of carbonyl (C=O) groups is 2. The molecule has 47 heavy (non-hydrogen) atoms. The largest absolute Gasteiger partial charge is 0.497 e. The molecular weight excluding hydrogens is 612 g/mol. The lowest BCUT2D eigenvalue weighted by molar-refractivity contribution is -0.166. The van der Waals surface area contributed by atoms with Crippen molar-refractivity contribution in [3.05, 3.63) is 47.7 Å². The number of nitrogens with zero attached hydrogens (tertiary/aromatic N) is 5. The van der Waals surface area contributed by atoms with E-state index >= 15 is 4.39 Å². The number of rotatable bonds is 8. The lowest BCUT2D eigenvalue weighted by Crippen LogP contribution is -2.56. The number of ether oxygens (including phenoxy) is 4. The third-order valence-electron chi connectivity index (χ3n) is 8.51. The van der Waals surface area contributed by atoms with Gasteiger partial charge in [-0.15, -0.1) is 6.42 Å². The van der Waals surface area contributed by atoms with Crippen molar-refractivity contribution in [1.29, 1.82) is 0 Å². The summed E-state index contributed by atoms with van der Waals surface area (Å²) in [6, 6.07) is 5.52. The molecule has 0 N–H and O–H groups in total. The molecule has 2 bridgehead atoms. The number of anilines is 1. The Morgan fingerprint density at radius 1 is 1.09 bits per heavy atom. The van der Waals surface area contributed by atoms with E-state index in [1.54, 1.807) is 23.1 Å². The third-order valence-corrected chi connectivity index (χ3v) is 8.51. The number of methoxy groups -OCH3 is 2. The van der Waals surface area contributed by atoms with E-state index in [-0.39, 0.29) is 46.9 Å². The first-order valence-electron chi connectivity index (χ1n) is 15.3. The molecule has 2 aromatic heterocycles. The Morgan fingerprint density at radius 2 is 1.83 bits per heavy atom. The van der Waals surface area contributed by atoms with Crippen LogP contribution in [-0.4, -0.2) is 77.6 Å². The van der Waals surface area contributed by atoms with Crippen LogP contribution in [0.4, 0.5) is 19.4 Å². The average molecular weight is 646 g/mol. The van der Waals surface area contributed by atoms with Gasteiger partial charge in [-0.1, -0.05) is 18.9 Å². The van der Waals surface area contributed by atoms with Gasteiger partial charge in [0.05, 0.1) is 37.3 Å². The summed E-state index contributed by atoms with van der Waals surface area (Å²) in [5.41, 5.74) is 0.0629. The topological polar surface area (TPSA) is 116 Å². The fourth-order valence-corrected chi connectivity index (χ4v) is 6.45. The number of fused-ring (bicyclic) bond motifs is 4. The number of amides is 1. The minimum absolute atomic E-state index is 0.0252. The first-order chi connectivity index (χ1) is 22.7. The lowest BCUT2D eigenvalue weighted by Gasteiger charge is -2.41. The predicted molar refractivity (Wildman–Crippen MR) is 169 cm³/mol. The van der Waals surface area contributed by atoms with Gasteiger partial charge < -0.3 is 23.8 Å². The molecule has 2 aliphatic heterocycles. The van der Waals surface area contributed by atoms with Crippen molar-refractivity contribution in [1.82, 2.24) is 19.9 Å². The van der Waals surface area contributed by atoms with Gasteiger partial charge >= 0.3 is 18.1 Å². The van der Waals surface area contributed by atoms with Gasteiger partial charge in [0, 0.05) is 43.6 Å². The number of halogens is 2. The second-order valence-electron chi connectivity index (χ2n) is 11.4. The van der Waals surface area contributed by atoms with Gasteiger partial charge in [0.1, 0.15) is 28.6 Å². The van der Waals surface area contributed by atoms with E-state index in [9.17, 15) is 14.0 Å². The quantitative estimate of drug-likeness (QED) is 0.136. The summed E-state index contributed by atoms with van der Waals surface area (Å²) in [5, 5.41) is 1.19. The number of esters is 1. The Hall–Kier alpha value is -5.25. The minimum atomic E-state index is -1.02. The molecule has 4 heterocycles. The van der Waals surface area contributed by atoms with Crippen LogP contribution in [0.25, 0.3) is 32.9 Å². The van der Waals surface area contributed by atoms with Gasteiger partial charge in [0.2, 0.25) is 6.29 Å². The van der Waals surface area contributed by atoms with Gasteiger partial charge in [0.15, 0.2) is 5.82 Å². The highest BCUT2D eigenvalue weighted by Gasteiger charge is 2.45. The van der Waals surface area contributed by atoms with Gasteiger partial charge in [-0.2, -0.15) is 9.97 Å². The Bertz CT molecular complexity index is 1920. The highest BCUT2D eigenvalue weighted by Crippen LogP contribution is 2.40. The van der Waals surface area contributed by atoms with Gasteiger partial charge in [0.25, 0.3) is 0 Å². The standard InChI is InChI=1S/C34H33F2N5O6/c1-6-8-27(42)46-18(3)47-34(43)41-20-10-11-21(41)17-40(16-20)32-25-15-37-30(29(36)31(25)38-33(39-32)45-5)24-14-22(44-4)13-19-9-12-26(35)23(7-2)28(19)24/h2,9,12-15,18,20-21H,6,8,10-11,16-17H2,1,3-5H3. The monoisotopic (exact) mass is 645 g/mol. The van der Waals surface area contributed by atoms with Crippen molar-refractivity contribution in [3.8, 4) is 35.4 Å². The fraction of sp³-hybridized carbons (Fsp3) is 0.382. The molecule has 0 spiro atoms. The van der Waals surface area contributed by atoms with Crippen molar-refractivity contribution in [3.63, 3.8) is 0 Å². The van der Waals surface area contributed by atoms with Crippen LogP contribution in [0, 0.1) is 24.0 Å². The molecule has 0 radical (unpaired) electrons. The summed E-state index contributed by atoms with van der Waals surface area (Å²) in [7, 11) is 2.86. The molecule has 2 saturated heterocycles. The molecule has 0 aliphatic carbocycles. The number of terminal acetylenes is 1. The van der Waals surface area contributed by atoms with E-state index in [0.29, 0.717) is 60.1 Å². The van der Waals surface area contributed by atoms with E-state index < -0.39 is 30.0 Å². The maximum Gasteiger partial charge on any atom is 0.413 e. The molecule has 13 heteroatoms. The molecule has 2 aromatic carbocycles. The summed E-state index contributed by atoms with van der Waals surface area (Å²) in [4.78, 5) is 42.0. The SMILES string of the molecule is C#Cc1c(F)ccc2cc(OC)cc(-c3ncc4c(N5CC6CCC(C5)N6C(=O)OC(C)OC(=O)CCC)nc(OC)nc4c3F)c12. The van der Waals surface area contributed by atoms with Crippen LogP contribution in [-0.2, 0) is 14.3 Å². The van der Waals surface area contributed by atoms with Crippen molar-refractivity contribution in [2.45, 2.75) is 57.9 Å². The molecule has 3 atom stereocenters. The summed E-state index contributed by atoms with van der Waals surface area (Å²) >= 11 is 0. The fourth-order valence-electron chi connectivity index (χ4n) is 6.45. The Kier molecular flexibility index (Phi) is 8.68. The number of benzene rings is 2. The minimum Gasteiger partial charge on any atom is -0.497 e. The molecule has 2 aliphatic rings. The molecule has 3 unspecified atom stereocenters. The van der Waals surface area contributed by atoms with Crippen LogP contribution in [0.5, 0.6) is 11.8 Å². The van der Waals surface area contributed by atoms with Gasteiger partial charge in [-0.25, -0.2) is 13.6 Å². The average Bonchev–Trinajstić information content (AvgIpc) is 3.33. The maximum absolute atomic E-state index is 16.6. The van der Waals surface area contributed by atoms with Gasteiger partial charge in [-0.05, 0) is 42.8 Å². The van der Waals surface area contributed by atoms with Crippen LogP contribution in [0.1, 0.15) is 45.1 Å². The molecule has 1 amide bonds.